The van der Waals surface area contributed by atoms with Gasteiger partial charge >= 0.3 is 5.97 Å². The van der Waals surface area contributed by atoms with Crippen LogP contribution >= 0.6 is 11.6 Å². The van der Waals surface area contributed by atoms with Gasteiger partial charge in [-0.1, -0.05) is 41.9 Å². The molecule has 30 heavy (non-hydrogen) atoms. The highest BCUT2D eigenvalue weighted by atomic mass is 35.5. The third-order valence-electron chi connectivity index (χ3n) is 4.20. The van der Waals surface area contributed by atoms with Crippen LogP contribution in [0, 0.1) is 0 Å². The lowest BCUT2D eigenvalue weighted by atomic mass is 10.0. The van der Waals surface area contributed by atoms with Crippen LogP contribution < -0.4 is 10.1 Å². The zero-order valence-electron chi connectivity index (χ0n) is 16.1. The van der Waals surface area contributed by atoms with Crippen LogP contribution in [0.1, 0.15) is 26.3 Å². The molecule has 0 fully saturated rings. The fraction of sp³-hybridized carbons (Fsp3) is 0.0870. The van der Waals surface area contributed by atoms with Gasteiger partial charge < -0.3 is 14.8 Å². The van der Waals surface area contributed by atoms with Crippen LogP contribution in [0.2, 0.25) is 5.02 Å². The molecule has 0 radical (unpaired) electrons. The minimum absolute atomic E-state index is 0.239. The number of hydrogen-bond acceptors (Lipinski definition) is 5. The maximum atomic E-state index is 12.8. The molecule has 0 heterocycles. The van der Waals surface area contributed by atoms with Crippen molar-refractivity contribution in [2.24, 2.45) is 0 Å². The lowest BCUT2D eigenvalue weighted by Gasteiger charge is -2.11. The van der Waals surface area contributed by atoms with Crippen LogP contribution in [0.3, 0.4) is 0 Å². The van der Waals surface area contributed by atoms with E-state index in [2.05, 4.69) is 5.32 Å². The van der Waals surface area contributed by atoms with Gasteiger partial charge in [0.2, 0.25) is 0 Å². The van der Waals surface area contributed by atoms with Gasteiger partial charge in [-0.15, -0.1) is 0 Å². The molecule has 1 amide bonds. The lowest BCUT2D eigenvalue weighted by Crippen LogP contribution is -2.22. The highest BCUT2D eigenvalue weighted by Gasteiger charge is 2.17. The monoisotopic (exact) mass is 423 g/mol. The van der Waals surface area contributed by atoms with Crippen molar-refractivity contribution in [3.8, 4) is 5.75 Å². The van der Waals surface area contributed by atoms with Gasteiger partial charge in [0.1, 0.15) is 5.75 Å². The summed E-state index contributed by atoms with van der Waals surface area (Å²) in [5.74, 6) is -0.919. The number of nitrogens with one attached hydrogen (secondary N) is 1. The van der Waals surface area contributed by atoms with Crippen LogP contribution in [-0.2, 0) is 9.53 Å². The Morgan fingerprint density at radius 3 is 2.27 bits per heavy atom. The van der Waals surface area contributed by atoms with Crippen LogP contribution in [-0.4, -0.2) is 31.4 Å². The van der Waals surface area contributed by atoms with E-state index in [0.29, 0.717) is 16.3 Å². The van der Waals surface area contributed by atoms with Gasteiger partial charge in [-0.3, -0.25) is 9.59 Å². The van der Waals surface area contributed by atoms with Crippen molar-refractivity contribution in [3.63, 3.8) is 0 Å². The molecule has 0 unspecified atom stereocenters. The Kier molecular flexibility index (Phi) is 6.83. The average molecular weight is 424 g/mol. The van der Waals surface area contributed by atoms with Crippen LogP contribution in [0.4, 0.5) is 5.69 Å². The Hall–Kier alpha value is -3.64. The number of carbonyl (C=O) groups is 3. The van der Waals surface area contributed by atoms with Crippen molar-refractivity contribution in [1.82, 2.24) is 0 Å². The normalized spacial score (nSPS) is 10.2. The van der Waals surface area contributed by atoms with Crippen molar-refractivity contribution in [2.45, 2.75) is 0 Å². The van der Waals surface area contributed by atoms with Gasteiger partial charge in [0.15, 0.2) is 12.4 Å². The molecule has 3 aromatic carbocycles. The summed E-state index contributed by atoms with van der Waals surface area (Å²) in [5.41, 5.74) is 1.26. The van der Waals surface area contributed by atoms with Crippen LogP contribution in [0.5, 0.6) is 5.75 Å². The van der Waals surface area contributed by atoms with E-state index in [1.807, 2.05) is 0 Å². The smallest absolute Gasteiger partial charge is 0.338 e. The first-order valence-corrected chi connectivity index (χ1v) is 9.36. The molecule has 6 nitrogen and oxygen atoms in total. The first kappa shape index (κ1) is 21.1. The fourth-order valence-electron chi connectivity index (χ4n) is 2.69. The van der Waals surface area contributed by atoms with E-state index in [0.717, 1.165) is 0 Å². The van der Waals surface area contributed by atoms with E-state index in [1.54, 1.807) is 48.5 Å². The van der Waals surface area contributed by atoms with Gasteiger partial charge in [0.05, 0.1) is 18.4 Å². The number of carbonyl (C=O) groups excluding carboxylic acids is 3. The van der Waals surface area contributed by atoms with E-state index in [1.165, 1.54) is 31.4 Å². The third kappa shape index (κ3) is 5.24. The molecule has 1 N–H and O–H groups in total. The molecule has 0 saturated carbocycles. The highest BCUT2D eigenvalue weighted by molar-refractivity contribution is 6.31. The second kappa shape index (κ2) is 9.71. The molecule has 0 bridgehead atoms. The summed E-state index contributed by atoms with van der Waals surface area (Å²) in [5, 5.41) is 2.96. The van der Waals surface area contributed by atoms with E-state index < -0.39 is 18.5 Å². The molecule has 7 heteroatoms. The Balaban J connectivity index is 1.67. The Bertz CT molecular complexity index is 1060. The predicted molar refractivity (Wildman–Crippen MR) is 113 cm³/mol. The summed E-state index contributed by atoms with van der Waals surface area (Å²) in [4.78, 5) is 37.2. The van der Waals surface area contributed by atoms with Crippen molar-refractivity contribution in [1.29, 1.82) is 0 Å². The second-order valence-corrected chi connectivity index (χ2v) is 6.67. The maximum absolute atomic E-state index is 12.8. The number of methoxy groups -OCH3 is 1. The third-order valence-corrected chi connectivity index (χ3v) is 4.43. The fourth-order valence-corrected chi connectivity index (χ4v) is 2.86. The predicted octanol–water partition coefficient (Wildman–Crippen LogP) is 4.38. The Labute approximate surface area is 178 Å². The minimum Gasteiger partial charge on any atom is -0.497 e. The Morgan fingerprint density at radius 1 is 0.900 bits per heavy atom. The van der Waals surface area contributed by atoms with E-state index in [9.17, 15) is 14.4 Å². The first-order valence-electron chi connectivity index (χ1n) is 8.98. The number of halogens is 1. The topological polar surface area (TPSA) is 81.7 Å². The molecule has 0 aliphatic carbocycles. The molecule has 0 aromatic heterocycles. The summed E-state index contributed by atoms with van der Waals surface area (Å²) < 4.78 is 10.1. The van der Waals surface area contributed by atoms with Gasteiger partial charge in [-0.25, -0.2) is 4.79 Å². The first-order chi connectivity index (χ1) is 14.5. The molecule has 0 spiro atoms. The van der Waals surface area contributed by atoms with Crippen molar-refractivity contribution >= 4 is 34.9 Å². The van der Waals surface area contributed by atoms with Crippen LogP contribution in [0.25, 0.3) is 0 Å². The van der Waals surface area contributed by atoms with E-state index in [4.69, 9.17) is 21.1 Å². The summed E-state index contributed by atoms with van der Waals surface area (Å²) in [7, 11) is 1.52. The standard InChI is InChI=1S/C23H18ClNO5/c1-29-18-10-7-16(8-11-18)23(28)30-14-21(26)25-20-12-9-17(24)13-19(20)22(27)15-5-3-2-4-6-15/h2-13H,14H2,1H3,(H,25,26). The zero-order valence-corrected chi connectivity index (χ0v) is 16.8. The number of benzene rings is 3. The van der Waals surface area contributed by atoms with Crippen molar-refractivity contribution < 1.29 is 23.9 Å². The molecule has 0 aliphatic heterocycles. The summed E-state index contributed by atoms with van der Waals surface area (Å²) in [6, 6.07) is 19.5. The van der Waals surface area contributed by atoms with Gasteiger partial charge in [-0.05, 0) is 42.5 Å². The largest absolute Gasteiger partial charge is 0.497 e. The number of rotatable bonds is 7. The SMILES string of the molecule is COc1ccc(C(=O)OCC(=O)Nc2ccc(Cl)cc2C(=O)c2ccccc2)cc1. The van der Waals surface area contributed by atoms with E-state index >= 15 is 0 Å². The molecule has 3 rings (SSSR count). The van der Waals surface area contributed by atoms with Crippen molar-refractivity contribution in [3.05, 3.63) is 94.5 Å². The summed E-state index contributed by atoms with van der Waals surface area (Å²) in [6.45, 7) is -0.507. The maximum Gasteiger partial charge on any atom is 0.338 e. The molecule has 152 valence electrons. The molecule has 0 saturated heterocycles. The Morgan fingerprint density at radius 2 is 1.60 bits per heavy atom. The lowest BCUT2D eigenvalue weighted by molar-refractivity contribution is -0.119. The molecular formula is C23H18ClNO5. The number of ether oxygens (including phenoxy) is 2. The molecule has 3 aromatic rings. The number of hydrogen-bond donors (Lipinski definition) is 1. The number of ketones is 1. The van der Waals surface area contributed by atoms with Gasteiger partial charge in [0.25, 0.3) is 5.91 Å². The molecule has 0 aliphatic rings. The quantitative estimate of drug-likeness (QED) is 0.450. The zero-order chi connectivity index (χ0) is 21.5. The highest BCUT2D eigenvalue weighted by Crippen LogP contribution is 2.24. The number of anilines is 1. The average Bonchev–Trinajstić information content (AvgIpc) is 2.78. The summed E-state index contributed by atoms with van der Waals surface area (Å²) >= 11 is 6.03. The molecular weight excluding hydrogens is 406 g/mol. The summed E-state index contributed by atoms with van der Waals surface area (Å²) in [6.07, 6.45) is 0. The van der Waals surface area contributed by atoms with Gasteiger partial charge in [-0.2, -0.15) is 0 Å². The van der Waals surface area contributed by atoms with Gasteiger partial charge in [0, 0.05) is 16.1 Å². The van der Waals surface area contributed by atoms with Crippen LogP contribution in [0.15, 0.2) is 72.8 Å². The van der Waals surface area contributed by atoms with Crippen molar-refractivity contribution in [2.75, 3.05) is 19.0 Å². The van der Waals surface area contributed by atoms with E-state index in [-0.39, 0.29) is 22.6 Å². The minimum atomic E-state index is -0.649. The number of esters is 1. The second-order valence-electron chi connectivity index (χ2n) is 6.24. The number of amides is 1. The molecule has 0 atom stereocenters.